The first-order valence-corrected chi connectivity index (χ1v) is 12.4. The first kappa shape index (κ1) is 26.9. The zero-order valence-electron chi connectivity index (χ0n) is 21.7. The summed E-state index contributed by atoms with van der Waals surface area (Å²) in [5.74, 6) is 1.12. The highest BCUT2D eigenvalue weighted by atomic mass is 16.2. The Morgan fingerprint density at radius 1 is 1.11 bits per heavy atom. The van der Waals surface area contributed by atoms with Gasteiger partial charge in [-0.15, -0.1) is 0 Å². The van der Waals surface area contributed by atoms with Crippen LogP contribution in [0.1, 0.15) is 40.4 Å². The lowest BCUT2D eigenvalue weighted by Crippen LogP contribution is -2.46. The van der Waals surface area contributed by atoms with Gasteiger partial charge in [0.15, 0.2) is 0 Å². The van der Waals surface area contributed by atoms with E-state index in [9.17, 15) is 9.59 Å². The zero-order valence-corrected chi connectivity index (χ0v) is 21.7. The van der Waals surface area contributed by atoms with Crippen molar-refractivity contribution in [2.45, 2.75) is 33.2 Å². The third kappa shape index (κ3) is 6.73. The number of amides is 2. The number of aryl methyl sites for hydroxylation is 3. The van der Waals surface area contributed by atoms with Crippen molar-refractivity contribution in [3.63, 3.8) is 0 Å². The van der Waals surface area contributed by atoms with Gasteiger partial charge in [-0.2, -0.15) is 5.10 Å². The molecule has 2 aliphatic rings. The number of rotatable bonds is 5. The Morgan fingerprint density at radius 2 is 1.83 bits per heavy atom. The molecule has 3 heterocycles. The Morgan fingerprint density at radius 3 is 2.47 bits per heavy atom. The predicted octanol–water partition coefficient (Wildman–Crippen LogP) is 3.42. The fraction of sp³-hybridized carbons (Fsp3) is 0.393. The number of allylic oxidation sites excluding steroid dienone is 3. The smallest absolute Gasteiger partial charge is 0.254 e. The number of carbonyl (C=O) groups excluding carboxylic acids is 2. The van der Waals surface area contributed by atoms with Crippen LogP contribution in [0.5, 0.6) is 0 Å². The topological polar surface area (TPSA) is 82.5 Å². The molecule has 1 saturated heterocycles. The van der Waals surface area contributed by atoms with E-state index in [2.05, 4.69) is 28.9 Å². The SMILES string of the molecule is C/C=C1\CN(C(=O)c2ccc(CCC(=O)N3CCNCC3)c(C)c2)Cc2cnn(C)c2N1.C=CC=C. The molecule has 2 N–H and O–H groups in total. The van der Waals surface area contributed by atoms with E-state index in [0.29, 0.717) is 31.5 Å². The number of aromatic nitrogens is 2. The summed E-state index contributed by atoms with van der Waals surface area (Å²) in [6.07, 6.45) is 8.27. The summed E-state index contributed by atoms with van der Waals surface area (Å²) in [5, 5.41) is 11.0. The largest absolute Gasteiger partial charge is 0.342 e. The first-order valence-electron chi connectivity index (χ1n) is 12.4. The van der Waals surface area contributed by atoms with E-state index in [4.69, 9.17) is 0 Å². The fourth-order valence-electron chi connectivity index (χ4n) is 4.33. The number of carbonyl (C=O) groups is 2. The van der Waals surface area contributed by atoms with Gasteiger partial charge in [-0.1, -0.05) is 37.5 Å². The zero-order chi connectivity index (χ0) is 26.1. The highest BCUT2D eigenvalue weighted by Crippen LogP contribution is 2.25. The lowest BCUT2D eigenvalue weighted by atomic mass is 10.00. The second-order valence-corrected chi connectivity index (χ2v) is 8.99. The summed E-state index contributed by atoms with van der Waals surface area (Å²) < 4.78 is 1.80. The van der Waals surface area contributed by atoms with Crippen LogP contribution in [0.15, 0.2) is 61.5 Å². The molecular formula is C28H38N6O2. The van der Waals surface area contributed by atoms with Crippen LogP contribution >= 0.6 is 0 Å². The van der Waals surface area contributed by atoms with Crippen LogP contribution in [0.25, 0.3) is 0 Å². The number of hydrogen-bond donors (Lipinski definition) is 2. The number of fused-ring (bicyclic) bond motifs is 1. The van der Waals surface area contributed by atoms with Crippen molar-refractivity contribution in [1.29, 1.82) is 0 Å². The number of nitrogens with one attached hydrogen (secondary N) is 2. The molecule has 8 heteroatoms. The molecular weight excluding hydrogens is 452 g/mol. The van der Waals surface area contributed by atoms with Crippen molar-refractivity contribution < 1.29 is 9.59 Å². The molecule has 2 amide bonds. The normalized spacial score (nSPS) is 16.2. The van der Waals surface area contributed by atoms with Crippen LogP contribution in [-0.2, 0) is 24.8 Å². The summed E-state index contributed by atoms with van der Waals surface area (Å²) in [6, 6.07) is 5.83. The number of piperazine rings is 1. The summed E-state index contributed by atoms with van der Waals surface area (Å²) in [4.78, 5) is 29.6. The van der Waals surface area contributed by atoms with Crippen molar-refractivity contribution >= 4 is 17.6 Å². The fourth-order valence-corrected chi connectivity index (χ4v) is 4.33. The molecule has 8 nitrogen and oxygen atoms in total. The molecule has 0 aliphatic carbocycles. The molecule has 36 heavy (non-hydrogen) atoms. The van der Waals surface area contributed by atoms with Crippen LogP contribution in [0.3, 0.4) is 0 Å². The maximum Gasteiger partial charge on any atom is 0.254 e. The van der Waals surface area contributed by atoms with Crippen LogP contribution < -0.4 is 10.6 Å². The Hall–Kier alpha value is -3.65. The van der Waals surface area contributed by atoms with Gasteiger partial charge < -0.3 is 20.4 Å². The Labute approximate surface area is 214 Å². The van der Waals surface area contributed by atoms with E-state index in [1.807, 2.05) is 61.2 Å². The van der Waals surface area contributed by atoms with Crippen LogP contribution in [0.2, 0.25) is 0 Å². The molecule has 2 aromatic rings. The van der Waals surface area contributed by atoms with Crippen molar-refractivity contribution in [2.24, 2.45) is 7.05 Å². The van der Waals surface area contributed by atoms with Crippen LogP contribution in [0, 0.1) is 6.92 Å². The quantitative estimate of drug-likeness (QED) is 0.628. The maximum absolute atomic E-state index is 13.3. The van der Waals surface area contributed by atoms with E-state index in [1.54, 1.807) is 16.8 Å². The predicted molar refractivity (Wildman–Crippen MR) is 145 cm³/mol. The molecule has 4 rings (SSSR count). The minimum Gasteiger partial charge on any atom is -0.342 e. The Kier molecular flexibility index (Phi) is 9.64. The summed E-state index contributed by atoms with van der Waals surface area (Å²) in [5.41, 5.74) is 4.80. The highest BCUT2D eigenvalue weighted by Gasteiger charge is 2.24. The third-order valence-corrected chi connectivity index (χ3v) is 6.49. The van der Waals surface area contributed by atoms with Crippen molar-refractivity contribution in [3.05, 3.63) is 83.7 Å². The van der Waals surface area contributed by atoms with Gasteiger partial charge in [-0.05, 0) is 43.5 Å². The van der Waals surface area contributed by atoms with Crippen LogP contribution in [-0.4, -0.2) is 64.1 Å². The van der Waals surface area contributed by atoms with E-state index in [1.165, 1.54) is 0 Å². The Balaban J connectivity index is 0.000000840. The van der Waals surface area contributed by atoms with Crippen molar-refractivity contribution in [3.8, 4) is 0 Å². The molecule has 0 saturated carbocycles. The molecule has 2 aliphatic heterocycles. The van der Waals surface area contributed by atoms with E-state index >= 15 is 0 Å². The monoisotopic (exact) mass is 490 g/mol. The van der Waals surface area contributed by atoms with Gasteiger partial charge in [-0.25, -0.2) is 0 Å². The van der Waals surface area contributed by atoms with E-state index in [-0.39, 0.29) is 11.8 Å². The van der Waals surface area contributed by atoms with Crippen molar-refractivity contribution in [1.82, 2.24) is 24.9 Å². The summed E-state index contributed by atoms with van der Waals surface area (Å²) in [6.45, 7) is 15.0. The first-order chi connectivity index (χ1) is 17.4. The van der Waals surface area contributed by atoms with Gasteiger partial charge in [-0.3, -0.25) is 14.3 Å². The molecule has 0 radical (unpaired) electrons. The van der Waals surface area contributed by atoms with Gasteiger partial charge >= 0.3 is 0 Å². The Bertz CT molecular complexity index is 1120. The number of anilines is 1. The summed E-state index contributed by atoms with van der Waals surface area (Å²) >= 11 is 0. The van der Waals surface area contributed by atoms with Gasteiger partial charge in [0.1, 0.15) is 5.82 Å². The van der Waals surface area contributed by atoms with E-state index in [0.717, 1.165) is 54.4 Å². The molecule has 0 bridgehead atoms. The van der Waals surface area contributed by atoms with Crippen LogP contribution in [0.4, 0.5) is 5.82 Å². The molecule has 192 valence electrons. The number of nitrogens with zero attached hydrogens (tertiary/aromatic N) is 4. The lowest BCUT2D eigenvalue weighted by Gasteiger charge is -2.27. The second kappa shape index (κ2) is 12.9. The average molecular weight is 491 g/mol. The third-order valence-electron chi connectivity index (χ3n) is 6.49. The number of benzene rings is 1. The number of hydrogen-bond acceptors (Lipinski definition) is 5. The summed E-state index contributed by atoms with van der Waals surface area (Å²) in [7, 11) is 1.89. The molecule has 0 atom stereocenters. The lowest BCUT2D eigenvalue weighted by molar-refractivity contribution is -0.131. The van der Waals surface area contributed by atoms with Gasteiger partial charge in [0.25, 0.3) is 5.91 Å². The molecule has 1 aromatic heterocycles. The van der Waals surface area contributed by atoms with Gasteiger partial charge in [0.2, 0.25) is 5.91 Å². The van der Waals surface area contributed by atoms with Gasteiger partial charge in [0.05, 0.1) is 19.3 Å². The highest BCUT2D eigenvalue weighted by molar-refractivity contribution is 5.95. The molecule has 0 spiro atoms. The minimum absolute atomic E-state index is 0.00519. The van der Waals surface area contributed by atoms with Gasteiger partial charge in [0, 0.05) is 56.5 Å². The van der Waals surface area contributed by atoms with E-state index < -0.39 is 0 Å². The molecule has 1 fully saturated rings. The maximum atomic E-state index is 13.3. The second-order valence-electron chi connectivity index (χ2n) is 8.99. The standard InChI is InChI=1S/C24H32N6O2.C4H6/c1-4-21-16-30(15-20-14-26-28(3)23(20)27-21)24(32)19-6-5-18(17(2)13-19)7-8-22(31)29-11-9-25-10-12-29;1-3-4-2/h4-6,13-14,25,27H,7-12,15-16H2,1-3H3;3-4H,1-2H2/b21-4+;. The molecule has 0 unspecified atom stereocenters. The average Bonchev–Trinajstić information content (AvgIpc) is 3.13. The molecule has 1 aromatic carbocycles. The minimum atomic E-state index is -0.00519. The van der Waals surface area contributed by atoms with Crippen molar-refractivity contribution in [2.75, 3.05) is 38.0 Å².